The molecule has 0 aromatic rings. The van der Waals surface area contributed by atoms with E-state index in [0.29, 0.717) is 39.5 Å². The van der Waals surface area contributed by atoms with Crippen molar-refractivity contribution >= 4 is 0 Å². The van der Waals surface area contributed by atoms with Crippen LogP contribution in [0.15, 0.2) is 0 Å². The monoisotopic (exact) mass is 221 g/mol. The molecular weight excluding hydrogens is 198 g/mol. The smallest absolute Gasteiger partial charge is 0.0700 e. The summed E-state index contributed by atoms with van der Waals surface area (Å²) in [6.45, 7) is 3.19. The van der Waals surface area contributed by atoms with Gasteiger partial charge in [-0.1, -0.05) is 0 Å². The molecule has 0 aromatic heterocycles. The lowest BCUT2D eigenvalue weighted by molar-refractivity contribution is 0.0481. The van der Waals surface area contributed by atoms with Crippen LogP contribution in [0.2, 0.25) is 0 Å². The minimum Gasteiger partial charge on any atom is -0.396 e. The van der Waals surface area contributed by atoms with E-state index < -0.39 is 0 Å². The minimum atomic E-state index is -0.0654. The Kier molecular flexibility index (Phi) is 11.7. The van der Waals surface area contributed by atoms with Gasteiger partial charge in [-0.05, 0) is 12.8 Å². The predicted octanol–water partition coefficient (Wildman–Crippen LogP) is -0.234. The quantitative estimate of drug-likeness (QED) is 0.471. The van der Waals surface area contributed by atoms with Crippen molar-refractivity contribution in [3.05, 3.63) is 0 Å². The molecular formula is C10H23NO4. The third kappa shape index (κ3) is 11.7. The van der Waals surface area contributed by atoms with E-state index in [1.54, 1.807) is 7.11 Å². The van der Waals surface area contributed by atoms with Crippen molar-refractivity contribution < 1.29 is 19.3 Å². The van der Waals surface area contributed by atoms with Gasteiger partial charge in [0, 0.05) is 33.0 Å². The van der Waals surface area contributed by atoms with Gasteiger partial charge in [0.25, 0.3) is 0 Å². The molecule has 0 aliphatic rings. The Morgan fingerprint density at radius 2 is 1.87 bits per heavy atom. The number of aliphatic hydroxyl groups excluding tert-OH is 1. The summed E-state index contributed by atoms with van der Waals surface area (Å²) in [7, 11) is 1.65. The van der Waals surface area contributed by atoms with E-state index in [1.165, 1.54) is 0 Å². The third-order valence-corrected chi connectivity index (χ3v) is 1.84. The molecule has 15 heavy (non-hydrogen) atoms. The molecule has 5 nitrogen and oxygen atoms in total. The van der Waals surface area contributed by atoms with Crippen LogP contribution < -0.4 is 5.73 Å². The second-order valence-electron chi connectivity index (χ2n) is 3.31. The molecule has 0 saturated carbocycles. The first-order chi connectivity index (χ1) is 7.31. The SMILES string of the molecule is COCCOCCCOCC(N)CCO. The Hall–Kier alpha value is -0.200. The van der Waals surface area contributed by atoms with E-state index in [-0.39, 0.29) is 12.6 Å². The Balaban J connectivity index is 2.98. The summed E-state index contributed by atoms with van der Waals surface area (Å²) >= 11 is 0. The zero-order valence-corrected chi connectivity index (χ0v) is 9.48. The molecule has 92 valence electrons. The van der Waals surface area contributed by atoms with E-state index in [9.17, 15) is 0 Å². The maximum absolute atomic E-state index is 8.59. The van der Waals surface area contributed by atoms with Crippen molar-refractivity contribution in [3.63, 3.8) is 0 Å². The van der Waals surface area contributed by atoms with Gasteiger partial charge in [0.2, 0.25) is 0 Å². The fraction of sp³-hybridized carbons (Fsp3) is 1.00. The minimum absolute atomic E-state index is 0.0654. The average Bonchev–Trinajstić information content (AvgIpc) is 2.22. The molecule has 0 amide bonds. The van der Waals surface area contributed by atoms with Gasteiger partial charge in [-0.3, -0.25) is 0 Å². The molecule has 5 heteroatoms. The highest BCUT2D eigenvalue weighted by molar-refractivity contribution is 4.57. The number of hydrogen-bond donors (Lipinski definition) is 2. The second-order valence-corrected chi connectivity index (χ2v) is 3.31. The van der Waals surface area contributed by atoms with Crippen molar-refractivity contribution in [2.75, 3.05) is 46.8 Å². The van der Waals surface area contributed by atoms with Crippen LogP contribution in [0.4, 0.5) is 0 Å². The average molecular weight is 221 g/mol. The van der Waals surface area contributed by atoms with E-state index in [4.69, 9.17) is 25.1 Å². The number of hydrogen-bond acceptors (Lipinski definition) is 5. The first kappa shape index (κ1) is 14.8. The van der Waals surface area contributed by atoms with E-state index >= 15 is 0 Å². The van der Waals surface area contributed by atoms with Gasteiger partial charge < -0.3 is 25.1 Å². The molecule has 1 atom stereocenters. The highest BCUT2D eigenvalue weighted by Gasteiger charge is 2.00. The van der Waals surface area contributed by atoms with Crippen LogP contribution in [0.25, 0.3) is 0 Å². The zero-order valence-electron chi connectivity index (χ0n) is 9.48. The Bertz CT molecular complexity index is 124. The van der Waals surface area contributed by atoms with Gasteiger partial charge in [-0.25, -0.2) is 0 Å². The van der Waals surface area contributed by atoms with Crippen molar-refractivity contribution in [2.45, 2.75) is 18.9 Å². The van der Waals surface area contributed by atoms with E-state index in [0.717, 1.165) is 6.42 Å². The predicted molar refractivity (Wildman–Crippen MR) is 57.8 cm³/mol. The van der Waals surface area contributed by atoms with Gasteiger partial charge in [0.1, 0.15) is 0 Å². The molecule has 0 aliphatic carbocycles. The van der Waals surface area contributed by atoms with Crippen LogP contribution in [0.5, 0.6) is 0 Å². The topological polar surface area (TPSA) is 73.9 Å². The maximum Gasteiger partial charge on any atom is 0.0700 e. The van der Waals surface area contributed by atoms with Gasteiger partial charge in [-0.15, -0.1) is 0 Å². The molecule has 0 fully saturated rings. The van der Waals surface area contributed by atoms with Gasteiger partial charge in [0.15, 0.2) is 0 Å². The molecule has 0 aliphatic heterocycles. The highest BCUT2D eigenvalue weighted by Crippen LogP contribution is 1.90. The first-order valence-corrected chi connectivity index (χ1v) is 5.32. The van der Waals surface area contributed by atoms with E-state index in [1.807, 2.05) is 0 Å². The molecule has 0 saturated heterocycles. The number of methoxy groups -OCH3 is 1. The fourth-order valence-electron chi connectivity index (χ4n) is 0.991. The van der Waals surface area contributed by atoms with Crippen molar-refractivity contribution in [3.8, 4) is 0 Å². The molecule has 3 N–H and O–H groups in total. The molecule has 1 unspecified atom stereocenters. The van der Waals surface area contributed by atoms with E-state index in [2.05, 4.69) is 0 Å². The standard InChI is InChI=1S/C10H23NO4/c1-13-7-8-14-5-2-6-15-9-10(11)3-4-12/h10,12H,2-9,11H2,1H3. The lowest BCUT2D eigenvalue weighted by Gasteiger charge is -2.10. The van der Waals surface area contributed by atoms with Gasteiger partial charge in [0.05, 0.1) is 19.8 Å². The van der Waals surface area contributed by atoms with Crippen LogP contribution >= 0.6 is 0 Å². The summed E-state index contributed by atoms with van der Waals surface area (Å²) in [5, 5.41) is 8.59. The van der Waals surface area contributed by atoms with Crippen LogP contribution in [0.3, 0.4) is 0 Å². The van der Waals surface area contributed by atoms with Crippen LogP contribution in [-0.2, 0) is 14.2 Å². The Morgan fingerprint density at radius 3 is 2.53 bits per heavy atom. The molecule has 0 heterocycles. The van der Waals surface area contributed by atoms with Crippen LogP contribution in [-0.4, -0.2) is 57.9 Å². The summed E-state index contributed by atoms with van der Waals surface area (Å²) in [5.41, 5.74) is 5.63. The van der Waals surface area contributed by atoms with Crippen LogP contribution in [0, 0.1) is 0 Å². The van der Waals surface area contributed by atoms with Gasteiger partial charge >= 0.3 is 0 Å². The number of nitrogens with two attached hydrogens (primary N) is 1. The summed E-state index contributed by atoms with van der Waals surface area (Å²) < 4.78 is 15.4. The third-order valence-electron chi connectivity index (χ3n) is 1.84. The van der Waals surface area contributed by atoms with Crippen molar-refractivity contribution in [2.24, 2.45) is 5.73 Å². The van der Waals surface area contributed by atoms with Crippen LogP contribution in [0.1, 0.15) is 12.8 Å². The summed E-state index contributed by atoms with van der Waals surface area (Å²) in [4.78, 5) is 0. The molecule has 0 aromatic carbocycles. The maximum atomic E-state index is 8.59. The zero-order chi connectivity index (χ0) is 11.4. The number of aliphatic hydroxyl groups is 1. The molecule has 0 rings (SSSR count). The molecule has 0 radical (unpaired) electrons. The van der Waals surface area contributed by atoms with Crippen molar-refractivity contribution in [1.29, 1.82) is 0 Å². The Labute approximate surface area is 91.5 Å². The largest absolute Gasteiger partial charge is 0.396 e. The Morgan fingerprint density at radius 1 is 1.13 bits per heavy atom. The van der Waals surface area contributed by atoms with Crippen molar-refractivity contribution in [1.82, 2.24) is 0 Å². The lowest BCUT2D eigenvalue weighted by Crippen LogP contribution is -2.27. The first-order valence-electron chi connectivity index (χ1n) is 5.32. The molecule has 0 spiro atoms. The number of rotatable bonds is 11. The number of ether oxygens (including phenoxy) is 3. The van der Waals surface area contributed by atoms with Gasteiger partial charge in [-0.2, -0.15) is 0 Å². The summed E-state index contributed by atoms with van der Waals surface area (Å²) in [5.74, 6) is 0. The summed E-state index contributed by atoms with van der Waals surface area (Å²) in [6, 6.07) is -0.0654. The fourth-order valence-corrected chi connectivity index (χ4v) is 0.991. The summed E-state index contributed by atoms with van der Waals surface area (Å²) in [6.07, 6.45) is 1.44. The highest BCUT2D eigenvalue weighted by atomic mass is 16.5. The molecule has 0 bridgehead atoms. The lowest BCUT2D eigenvalue weighted by atomic mass is 10.2. The normalized spacial score (nSPS) is 13.0. The second kappa shape index (κ2) is 11.9.